The molecule has 1 nitrogen and oxygen atoms in total. The summed E-state index contributed by atoms with van der Waals surface area (Å²) in [6.07, 6.45) is 0. The minimum Gasteiger partial charge on any atom is -0.355 e. The van der Waals surface area contributed by atoms with Crippen molar-refractivity contribution in [3.8, 4) is 44.5 Å². The fourth-order valence-electron chi connectivity index (χ4n) is 8.33. The molecule has 0 amide bonds. The Bertz CT molecular complexity index is 2280. The van der Waals surface area contributed by atoms with E-state index in [0.29, 0.717) is 0 Å². The minimum absolute atomic E-state index is 0.103. The Morgan fingerprint density at radius 1 is 0.396 bits per heavy atom. The summed E-state index contributed by atoms with van der Waals surface area (Å²) in [6, 6.07) is 60.4. The molecule has 0 saturated carbocycles. The Hall–Kier alpha value is -5.66. The lowest BCUT2D eigenvalue weighted by molar-refractivity contribution is 0.593. The Balaban J connectivity index is 1.28. The van der Waals surface area contributed by atoms with Crippen LogP contribution in [0.4, 0.5) is 11.4 Å². The van der Waals surface area contributed by atoms with Crippen LogP contribution in [0.25, 0.3) is 44.5 Å². The van der Waals surface area contributed by atoms with Crippen LogP contribution in [0.3, 0.4) is 0 Å². The zero-order chi connectivity index (χ0) is 32.5. The molecule has 2 aliphatic rings. The minimum atomic E-state index is -0.372. The molecule has 0 heterocycles. The van der Waals surface area contributed by atoms with Gasteiger partial charge in [0.05, 0.1) is 11.1 Å². The first-order chi connectivity index (χ1) is 23.4. The molecule has 7 aromatic rings. The number of rotatable bonds is 4. The van der Waals surface area contributed by atoms with Gasteiger partial charge in [0.2, 0.25) is 0 Å². The van der Waals surface area contributed by atoms with Crippen molar-refractivity contribution in [2.45, 2.75) is 31.6 Å². The van der Waals surface area contributed by atoms with Crippen molar-refractivity contribution in [2.24, 2.45) is 0 Å². The van der Waals surface area contributed by atoms with Crippen LogP contribution in [0.15, 0.2) is 164 Å². The molecule has 1 spiro atoms. The quantitative estimate of drug-likeness (QED) is 0.208. The number of nitrogens with one attached hydrogen (secondary N) is 1. The van der Waals surface area contributed by atoms with Crippen LogP contribution in [-0.4, -0.2) is 0 Å². The van der Waals surface area contributed by atoms with Crippen LogP contribution >= 0.6 is 0 Å². The molecular weight excluding hydrogens is 579 g/mol. The summed E-state index contributed by atoms with van der Waals surface area (Å²) in [6.45, 7) is 6.95. The lowest BCUT2D eigenvalue weighted by Crippen LogP contribution is -2.25. The maximum atomic E-state index is 4.04. The highest BCUT2D eigenvalue weighted by molar-refractivity contribution is 5.96. The maximum Gasteiger partial charge on any atom is 0.0726 e. The van der Waals surface area contributed by atoms with E-state index in [1.54, 1.807) is 0 Å². The number of anilines is 2. The molecule has 9 rings (SSSR count). The van der Waals surface area contributed by atoms with Gasteiger partial charge in [-0.15, -0.1) is 0 Å². The van der Waals surface area contributed by atoms with Crippen molar-refractivity contribution in [3.63, 3.8) is 0 Å². The predicted molar refractivity (Wildman–Crippen MR) is 202 cm³/mol. The molecule has 0 aliphatic heterocycles. The summed E-state index contributed by atoms with van der Waals surface area (Å²) in [4.78, 5) is 0. The third kappa shape index (κ3) is 4.17. The van der Waals surface area contributed by atoms with Gasteiger partial charge in [0, 0.05) is 11.3 Å². The average Bonchev–Trinajstić information content (AvgIpc) is 3.59. The van der Waals surface area contributed by atoms with Crippen molar-refractivity contribution in [2.75, 3.05) is 5.32 Å². The lowest BCUT2D eigenvalue weighted by atomic mass is 9.70. The highest BCUT2D eigenvalue weighted by atomic mass is 14.9. The molecular formula is C47H37N. The van der Waals surface area contributed by atoms with Gasteiger partial charge in [0.1, 0.15) is 0 Å². The highest BCUT2D eigenvalue weighted by Gasteiger charge is 2.51. The molecule has 1 heteroatoms. The maximum absolute atomic E-state index is 4.04. The van der Waals surface area contributed by atoms with Crippen LogP contribution in [0.5, 0.6) is 0 Å². The second kappa shape index (κ2) is 10.7. The van der Waals surface area contributed by atoms with Gasteiger partial charge in [-0.2, -0.15) is 0 Å². The second-order valence-corrected chi connectivity index (χ2v) is 14.2. The van der Waals surface area contributed by atoms with Gasteiger partial charge in [-0.1, -0.05) is 160 Å². The molecule has 1 N–H and O–H groups in total. The number of benzene rings is 7. The van der Waals surface area contributed by atoms with Crippen molar-refractivity contribution in [1.82, 2.24) is 0 Å². The molecule has 0 unspecified atom stereocenters. The van der Waals surface area contributed by atoms with Crippen LogP contribution in [0, 0.1) is 0 Å². The van der Waals surface area contributed by atoms with Gasteiger partial charge in [0.25, 0.3) is 0 Å². The fourth-order valence-corrected chi connectivity index (χ4v) is 8.33. The van der Waals surface area contributed by atoms with Crippen molar-refractivity contribution in [3.05, 3.63) is 192 Å². The third-order valence-electron chi connectivity index (χ3n) is 10.4. The zero-order valence-electron chi connectivity index (χ0n) is 27.6. The average molecular weight is 616 g/mol. The first-order valence-electron chi connectivity index (χ1n) is 16.9. The molecule has 230 valence electrons. The van der Waals surface area contributed by atoms with E-state index in [0.717, 1.165) is 11.4 Å². The molecule has 2 aliphatic carbocycles. The van der Waals surface area contributed by atoms with Gasteiger partial charge in [0.15, 0.2) is 0 Å². The normalized spacial score (nSPS) is 13.5. The van der Waals surface area contributed by atoms with Gasteiger partial charge in [-0.3, -0.25) is 0 Å². The Morgan fingerprint density at radius 3 is 1.42 bits per heavy atom. The van der Waals surface area contributed by atoms with Crippen LogP contribution < -0.4 is 5.32 Å². The van der Waals surface area contributed by atoms with E-state index in [2.05, 4.69) is 190 Å². The van der Waals surface area contributed by atoms with E-state index < -0.39 is 0 Å². The molecule has 7 aromatic carbocycles. The smallest absolute Gasteiger partial charge is 0.0726 e. The number of fused-ring (bicyclic) bond motifs is 10. The first-order valence-corrected chi connectivity index (χ1v) is 16.9. The topological polar surface area (TPSA) is 12.0 Å². The van der Waals surface area contributed by atoms with Gasteiger partial charge in [-0.25, -0.2) is 0 Å². The molecule has 0 bridgehead atoms. The number of hydrogen-bond acceptors (Lipinski definition) is 1. The van der Waals surface area contributed by atoms with Crippen LogP contribution in [-0.2, 0) is 10.8 Å². The molecule has 0 fully saturated rings. The van der Waals surface area contributed by atoms with E-state index in [9.17, 15) is 0 Å². The number of hydrogen-bond donors (Lipinski definition) is 1. The molecule has 0 saturated heterocycles. The van der Waals surface area contributed by atoms with E-state index in [4.69, 9.17) is 0 Å². The Kier molecular flexibility index (Phi) is 6.36. The first kappa shape index (κ1) is 28.6. The van der Waals surface area contributed by atoms with E-state index in [-0.39, 0.29) is 10.8 Å². The lowest BCUT2D eigenvalue weighted by Gasteiger charge is -2.31. The predicted octanol–water partition coefficient (Wildman–Crippen LogP) is 12.4. The Morgan fingerprint density at radius 2 is 0.875 bits per heavy atom. The zero-order valence-corrected chi connectivity index (χ0v) is 27.6. The van der Waals surface area contributed by atoms with E-state index in [1.165, 1.54) is 72.3 Å². The molecule has 0 radical (unpaired) electrons. The summed E-state index contributed by atoms with van der Waals surface area (Å²) < 4.78 is 0. The van der Waals surface area contributed by atoms with E-state index in [1.807, 2.05) is 0 Å². The molecule has 48 heavy (non-hydrogen) atoms. The van der Waals surface area contributed by atoms with Crippen molar-refractivity contribution < 1.29 is 0 Å². The van der Waals surface area contributed by atoms with Gasteiger partial charge < -0.3 is 5.32 Å². The van der Waals surface area contributed by atoms with Crippen molar-refractivity contribution >= 4 is 11.4 Å². The largest absolute Gasteiger partial charge is 0.355 e. The third-order valence-corrected chi connectivity index (χ3v) is 10.4. The summed E-state index contributed by atoms with van der Waals surface area (Å²) in [5.41, 5.74) is 18.6. The van der Waals surface area contributed by atoms with Gasteiger partial charge in [-0.05, 0) is 96.4 Å². The Labute approximate surface area is 283 Å². The monoisotopic (exact) mass is 615 g/mol. The SMILES string of the molecule is CC(C)(C)c1cc(-c2ccccc2)cc(-c2ccccc2)c1Nc1ccc2c(c1)C1(c3ccccc3-c3ccccc31)c1ccccc1-2. The van der Waals surface area contributed by atoms with Crippen molar-refractivity contribution in [1.29, 1.82) is 0 Å². The van der Waals surface area contributed by atoms with Gasteiger partial charge >= 0.3 is 0 Å². The van der Waals surface area contributed by atoms with Crippen LogP contribution in [0.2, 0.25) is 0 Å². The van der Waals surface area contributed by atoms with Crippen LogP contribution in [0.1, 0.15) is 48.6 Å². The highest BCUT2D eigenvalue weighted by Crippen LogP contribution is 2.63. The summed E-state index contributed by atoms with van der Waals surface area (Å²) in [5.74, 6) is 0. The second-order valence-electron chi connectivity index (χ2n) is 14.2. The summed E-state index contributed by atoms with van der Waals surface area (Å²) in [7, 11) is 0. The standard InChI is InChI=1S/C47H37N/c1-46(2,3)44-29-33(31-16-6-4-7-17-31)28-39(32-18-8-5-9-19-32)45(44)48-34-26-27-38-37-22-12-15-25-42(37)47(43(38)30-34)40-23-13-10-20-35(40)36-21-11-14-24-41(36)47/h4-30,48H,1-3H3. The molecule has 0 atom stereocenters. The fraction of sp³-hybridized carbons (Fsp3) is 0.106. The van der Waals surface area contributed by atoms with E-state index >= 15 is 0 Å². The summed E-state index contributed by atoms with van der Waals surface area (Å²) in [5, 5.41) is 4.04. The molecule has 0 aromatic heterocycles. The summed E-state index contributed by atoms with van der Waals surface area (Å²) >= 11 is 0.